The average Bonchev–Trinajstić information content (AvgIpc) is 2.88. The molecular formula is C27H33F3N4O5. The lowest BCUT2D eigenvalue weighted by Crippen LogP contribution is -2.36. The first kappa shape index (κ1) is 28.4. The number of hydrogen-bond donors (Lipinski definition) is 2. The van der Waals surface area contributed by atoms with Crippen LogP contribution in [0.15, 0.2) is 16.9 Å². The topological polar surface area (TPSA) is 116 Å². The number of ether oxygens (including phenoxy) is 1. The SMILES string of the molecule is CN1CCCc2c1nc(N1CCC(=O)CCC(CC(C)(F)F)c3cc(OCC(=O)O)cc(F)c3CC1)[nH]c2=O. The van der Waals surface area contributed by atoms with Gasteiger partial charge in [0.1, 0.15) is 23.2 Å². The second-order valence-electron chi connectivity index (χ2n) is 10.4. The third kappa shape index (κ3) is 7.10. The van der Waals surface area contributed by atoms with Crippen molar-refractivity contribution in [1.82, 2.24) is 9.97 Å². The quantitative estimate of drug-likeness (QED) is 0.560. The molecule has 0 saturated carbocycles. The van der Waals surface area contributed by atoms with Crippen LogP contribution in [0.2, 0.25) is 0 Å². The van der Waals surface area contributed by atoms with E-state index in [2.05, 4.69) is 9.97 Å². The number of Topliss-reactive ketones (excluding diaryl/α,β-unsaturated/α-hetero) is 1. The van der Waals surface area contributed by atoms with E-state index in [1.54, 1.807) is 4.90 Å². The number of H-pyrrole nitrogens is 1. The van der Waals surface area contributed by atoms with Gasteiger partial charge in [0.05, 0.1) is 5.56 Å². The van der Waals surface area contributed by atoms with Crippen LogP contribution in [0.4, 0.5) is 24.9 Å². The van der Waals surface area contributed by atoms with Crippen molar-refractivity contribution in [2.75, 3.05) is 43.1 Å². The van der Waals surface area contributed by atoms with Crippen LogP contribution in [0.3, 0.4) is 0 Å². The lowest BCUT2D eigenvalue weighted by Gasteiger charge is -2.29. The van der Waals surface area contributed by atoms with E-state index >= 15 is 4.39 Å². The van der Waals surface area contributed by atoms with Crippen molar-refractivity contribution < 1.29 is 32.6 Å². The molecule has 0 amide bonds. The van der Waals surface area contributed by atoms with Crippen LogP contribution in [0, 0.1) is 5.82 Å². The fourth-order valence-corrected chi connectivity index (χ4v) is 5.34. The van der Waals surface area contributed by atoms with Gasteiger partial charge in [-0.05, 0) is 55.7 Å². The number of halogens is 3. The molecule has 0 radical (unpaired) electrons. The molecule has 0 spiro atoms. The molecule has 0 bridgehead atoms. The molecule has 12 heteroatoms. The monoisotopic (exact) mass is 550 g/mol. The van der Waals surface area contributed by atoms with Crippen LogP contribution in [0.5, 0.6) is 5.75 Å². The zero-order valence-corrected chi connectivity index (χ0v) is 22.1. The van der Waals surface area contributed by atoms with Crippen LogP contribution < -0.4 is 20.1 Å². The number of aromatic amines is 1. The maximum atomic E-state index is 15.5. The van der Waals surface area contributed by atoms with Crippen molar-refractivity contribution in [3.63, 3.8) is 0 Å². The van der Waals surface area contributed by atoms with Gasteiger partial charge in [0.15, 0.2) is 6.61 Å². The molecule has 0 aliphatic carbocycles. The summed E-state index contributed by atoms with van der Waals surface area (Å²) in [6.07, 6.45) is 1.11. The number of benzene rings is 1. The fraction of sp³-hybridized carbons (Fsp3) is 0.556. The smallest absolute Gasteiger partial charge is 0.341 e. The second kappa shape index (κ2) is 11.7. The molecule has 1 unspecified atom stereocenters. The molecule has 212 valence electrons. The van der Waals surface area contributed by atoms with E-state index in [0.717, 1.165) is 26.0 Å². The van der Waals surface area contributed by atoms with Gasteiger partial charge in [-0.1, -0.05) is 0 Å². The van der Waals surface area contributed by atoms with Crippen LogP contribution in [-0.4, -0.2) is 66.0 Å². The van der Waals surface area contributed by atoms with Crippen molar-refractivity contribution in [3.05, 3.63) is 45.0 Å². The van der Waals surface area contributed by atoms with Crippen molar-refractivity contribution in [3.8, 4) is 5.75 Å². The third-order valence-corrected chi connectivity index (χ3v) is 7.24. The number of aromatic nitrogens is 2. The lowest BCUT2D eigenvalue weighted by atomic mass is 9.84. The number of carboxylic acids is 1. The molecule has 1 aromatic carbocycles. The molecule has 1 atom stereocenters. The van der Waals surface area contributed by atoms with Crippen molar-refractivity contribution in [2.45, 2.75) is 63.7 Å². The first-order chi connectivity index (χ1) is 18.4. The molecule has 0 saturated heterocycles. The van der Waals surface area contributed by atoms with Gasteiger partial charge in [-0.15, -0.1) is 0 Å². The molecule has 2 aliphatic heterocycles. The maximum Gasteiger partial charge on any atom is 0.341 e. The van der Waals surface area contributed by atoms with Gasteiger partial charge >= 0.3 is 5.97 Å². The number of aliphatic carboxylic acids is 1. The summed E-state index contributed by atoms with van der Waals surface area (Å²) in [5.74, 6) is -5.31. The van der Waals surface area contributed by atoms with Crippen molar-refractivity contribution in [2.24, 2.45) is 0 Å². The number of nitrogens with zero attached hydrogens (tertiary/aromatic N) is 3. The highest BCUT2D eigenvalue weighted by molar-refractivity contribution is 5.79. The number of nitrogens with one attached hydrogen (secondary N) is 1. The molecule has 2 aliphatic rings. The Balaban J connectivity index is 1.74. The van der Waals surface area contributed by atoms with E-state index in [4.69, 9.17) is 9.84 Å². The summed E-state index contributed by atoms with van der Waals surface area (Å²) in [6.45, 7) is 1.18. The van der Waals surface area contributed by atoms with Crippen LogP contribution in [-0.2, 0) is 22.4 Å². The predicted octanol–water partition coefficient (Wildman–Crippen LogP) is 3.69. The highest BCUT2D eigenvalue weighted by Crippen LogP contribution is 2.38. The van der Waals surface area contributed by atoms with Crippen molar-refractivity contribution in [1.29, 1.82) is 0 Å². The Morgan fingerprint density at radius 3 is 2.62 bits per heavy atom. The fourth-order valence-electron chi connectivity index (χ4n) is 5.34. The summed E-state index contributed by atoms with van der Waals surface area (Å²) in [4.78, 5) is 47.7. The summed E-state index contributed by atoms with van der Waals surface area (Å²) in [5, 5.41) is 8.95. The molecule has 4 rings (SSSR count). The summed E-state index contributed by atoms with van der Waals surface area (Å²) < 4.78 is 49.0. The minimum atomic E-state index is -3.08. The largest absolute Gasteiger partial charge is 0.482 e. The number of carboxylic acid groups (broad SMARTS) is 1. The van der Waals surface area contributed by atoms with Crippen LogP contribution >= 0.6 is 0 Å². The number of alkyl halides is 2. The Hall–Kier alpha value is -3.57. The van der Waals surface area contributed by atoms with Gasteiger partial charge in [0.25, 0.3) is 5.56 Å². The number of rotatable bonds is 6. The van der Waals surface area contributed by atoms with Gasteiger partial charge in [-0.3, -0.25) is 14.6 Å². The Labute approximate surface area is 224 Å². The summed E-state index contributed by atoms with van der Waals surface area (Å²) >= 11 is 0. The number of ketones is 1. The number of carbonyl (C=O) groups is 2. The van der Waals surface area contributed by atoms with Gasteiger partial charge in [-0.2, -0.15) is 4.98 Å². The summed E-state index contributed by atoms with van der Waals surface area (Å²) in [7, 11) is 1.85. The van der Waals surface area contributed by atoms with Gasteiger partial charge in [-0.25, -0.2) is 18.0 Å². The molecule has 1 aromatic heterocycles. The minimum Gasteiger partial charge on any atom is -0.482 e. The first-order valence-electron chi connectivity index (χ1n) is 13.1. The number of carbonyl (C=O) groups excluding carboxylic acids is 1. The minimum absolute atomic E-state index is 0.00668. The molecule has 2 N–H and O–H groups in total. The molecule has 39 heavy (non-hydrogen) atoms. The Kier molecular flexibility index (Phi) is 8.51. The lowest BCUT2D eigenvalue weighted by molar-refractivity contribution is -0.139. The summed E-state index contributed by atoms with van der Waals surface area (Å²) in [6, 6.07) is 2.45. The first-order valence-corrected chi connectivity index (χ1v) is 13.1. The van der Waals surface area contributed by atoms with Crippen LogP contribution in [0.25, 0.3) is 0 Å². The number of hydrogen-bond acceptors (Lipinski definition) is 7. The molecule has 2 aromatic rings. The standard InChI is InChI=1S/C27H33F3N4O5/c1-27(29,30)14-16-5-6-17(35)7-10-34(26-31-24-20(25(38)32-26)4-3-9-33(24)2)11-8-19-21(16)12-18(13-22(19)28)39-15-23(36)37/h12-13,16H,3-11,14-15H2,1-2H3,(H,36,37)(H,31,32,38). The molecule has 3 heterocycles. The van der Waals surface area contributed by atoms with E-state index in [-0.39, 0.29) is 72.9 Å². The predicted molar refractivity (Wildman–Crippen MR) is 139 cm³/mol. The van der Waals surface area contributed by atoms with Crippen molar-refractivity contribution >= 4 is 23.5 Å². The summed E-state index contributed by atoms with van der Waals surface area (Å²) in [5.41, 5.74) is 0.774. The Bertz CT molecular complexity index is 1290. The normalized spacial score (nSPS) is 18.7. The van der Waals surface area contributed by atoms with E-state index < -0.39 is 36.7 Å². The van der Waals surface area contributed by atoms with E-state index in [1.807, 2.05) is 11.9 Å². The highest BCUT2D eigenvalue weighted by atomic mass is 19.3. The third-order valence-electron chi connectivity index (χ3n) is 7.24. The van der Waals surface area contributed by atoms with Gasteiger partial charge < -0.3 is 19.6 Å². The molecule has 9 nitrogen and oxygen atoms in total. The number of fused-ring (bicyclic) bond motifs is 2. The highest BCUT2D eigenvalue weighted by Gasteiger charge is 2.32. The molecule has 0 fully saturated rings. The maximum absolute atomic E-state index is 15.5. The second-order valence-corrected chi connectivity index (χ2v) is 10.4. The average molecular weight is 551 g/mol. The van der Waals surface area contributed by atoms with E-state index in [0.29, 0.717) is 17.8 Å². The van der Waals surface area contributed by atoms with Gasteiger partial charge in [0.2, 0.25) is 11.9 Å². The van der Waals surface area contributed by atoms with Crippen LogP contribution in [0.1, 0.15) is 61.6 Å². The molecular weight excluding hydrogens is 517 g/mol. The Morgan fingerprint density at radius 1 is 1.15 bits per heavy atom. The zero-order chi connectivity index (χ0) is 28.3. The Morgan fingerprint density at radius 2 is 1.90 bits per heavy atom. The zero-order valence-electron chi connectivity index (χ0n) is 22.1. The van der Waals surface area contributed by atoms with E-state index in [1.165, 1.54) is 6.07 Å². The van der Waals surface area contributed by atoms with E-state index in [9.17, 15) is 23.2 Å². The number of anilines is 2. The van der Waals surface area contributed by atoms with Gasteiger partial charge in [0, 0.05) is 52.0 Å².